The molecule has 0 fully saturated rings. The zero-order valence-electron chi connectivity index (χ0n) is 19.2. The lowest BCUT2D eigenvalue weighted by molar-refractivity contribution is 0.102. The maximum Gasteiger partial charge on any atom is 0.255 e. The van der Waals surface area contributed by atoms with E-state index in [0.717, 1.165) is 51.4 Å². The third kappa shape index (κ3) is 5.61. The largest absolute Gasteiger partial charge is 0.320 e. The first-order valence-corrected chi connectivity index (χ1v) is 12.0. The summed E-state index contributed by atoms with van der Waals surface area (Å²) < 4.78 is 0. The number of unbranched alkanes of at least 4 members (excludes halogenated alkanes) is 1. The van der Waals surface area contributed by atoms with Crippen LogP contribution in [0.4, 0.5) is 5.69 Å². The Hall–Kier alpha value is -2.73. The second-order valence-corrected chi connectivity index (χ2v) is 9.10. The van der Waals surface area contributed by atoms with Gasteiger partial charge in [-0.2, -0.15) is 0 Å². The molecule has 4 aromatic rings. The molecule has 2 N–H and O–H groups in total. The van der Waals surface area contributed by atoms with E-state index in [4.69, 9.17) is 4.98 Å². The highest BCUT2D eigenvalue weighted by atomic mass is 35.5. The van der Waals surface area contributed by atoms with Gasteiger partial charge in [-0.25, -0.2) is 4.98 Å². The van der Waals surface area contributed by atoms with Gasteiger partial charge >= 0.3 is 0 Å². The van der Waals surface area contributed by atoms with Gasteiger partial charge in [-0.15, -0.1) is 23.7 Å². The van der Waals surface area contributed by atoms with Crippen molar-refractivity contribution < 1.29 is 4.79 Å². The van der Waals surface area contributed by atoms with E-state index in [1.165, 1.54) is 5.56 Å². The molecule has 0 radical (unpaired) electrons. The van der Waals surface area contributed by atoms with Crippen LogP contribution in [0.15, 0.2) is 66.7 Å². The minimum Gasteiger partial charge on any atom is -0.320 e. The molecule has 0 spiro atoms. The zero-order valence-corrected chi connectivity index (χ0v) is 20.9. The van der Waals surface area contributed by atoms with Crippen molar-refractivity contribution in [1.82, 2.24) is 10.3 Å². The summed E-state index contributed by atoms with van der Waals surface area (Å²) in [5, 5.41) is 8.00. The molecule has 0 saturated heterocycles. The summed E-state index contributed by atoms with van der Waals surface area (Å²) in [5.74, 6) is -0.105. The summed E-state index contributed by atoms with van der Waals surface area (Å²) in [5.41, 5.74) is 4.80. The Bertz CT molecular complexity index is 1210. The number of benzene rings is 2. The fourth-order valence-electron chi connectivity index (χ4n) is 3.99. The Morgan fingerprint density at radius 1 is 1.03 bits per heavy atom. The fraction of sp³-hybridized carbons (Fsp3) is 0.259. The van der Waals surface area contributed by atoms with E-state index < -0.39 is 0 Å². The first kappa shape index (κ1) is 24.9. The fourth-order valence-corrected chi connectivity index (χ4v) is 5.35. The average Bonchev–Trinajstić information content (AvgIpc) is 3.15. The molecule has 4 rings (SSSR count). The van der Waals surface area contributed by atoms with E-state index in [2.05, 4.69) is 54.8 Å². The molecular weight excluding hydrogens is 450 g/mol. The van der Waals surface area contributed by atoms with Crippen molar-refractivity contribution in [2.75, 3.05) is 11.9 Å². The molecule has 4 nitrogen and oxygen atoms in total. The van der Waals surface area contributed by atoms with Gasteiger partial charge in [0.1, 0.15) is 4.83 Å². The highest BCUT2D eigenvalue weighted by Crippen LogP contribution is 2.42. The number of rotatable bonds is 8. The molecule has 1 unspecified atom stereocenters. The highest BCUT2D eigenvalue weighted by Gasteiger charge is 2.25. The predicted molar refractivity (Wildman–Crippen MR) is 142 cm³/mol. The van der Waals surface area contributed by atoms with Gasteiger partial charge < -0.3 is 10.6 Å². The standard InChI is InChI=1S/C27H29N3OS.ClH/c1-4-5-16-28-23(20-12-8-6-9-13-20)25-24(30-26(31)21-14-10-7-11-15-21)22-18(2)17-19(3)29-27(22)32-25;/h6-15,17,23,28H,4-5,16H2,1-3H3,(H,30,31);1H. The van der Waals surface area contributed by atoms with Gasteiger partial charge in [0.25, 0.3) is 5.91 Å². The van der Waals surface area contributed by atoms with Crippen LogP contribution in [0, 0.1) is 13.8 Å². The Morgan fingerprint density at radius 2 is 1.70 bits per heavy atom. The number of carbonyl (C=O) groups is 1. The molecule has 0 aliphatic carbocycles. The molecule has 6 heteroatoms. The maximum absolute atomic E-state index is 13.2. The van der Waals surface area contributed by atoms with Gasteiger partial charge in [-0.1, -0.05) is 61.9 Å². The molecule has 0 saturated carbocycles. The lowest BCUT2D eigenvalue weighted by atomic mass is 10.0. The van der Waals surface area contributed by atoms with Gasteiger partial charge in [0, 0.05) is 16.6 Å². The lowest BCUT2D eigenvalue weighted by Crippen LogP contribution is -2.24. The molecule has 2 aromatic carbocycles. The van der Waals surface area contributed by atoms with E-state index in [-0.39, 0.29) is 24.4 Å². The van der Waals surface area contributed by atoms with Crippen LogP contribution in [-0.2, 0) is 0 Å². The average molecular weight is 480 g/mol. The number of amides is 1. The van der Waals surface area contributed by atoms with Crippen molar-refractivity contribution in [3.8, 4) is 0 Å². The van der Waals surface area contributed by atoms with E-state index in [9.17, 15) is 4.79 Å². The van der Waals surface area contributed by atoms with Crippen LogP contribution in [0.3, 0.4) is 0 Å². The number of nitrogens with zero attached hydrogens (tertiary/aromatic N) is 1. The minimum atomic E-state index is -0.105. The van der Waals surface area contributed by atoms with Crippen LogP contribution in [0.25, 0.3) is 10.2 Å². The number of anilines is 1. The number of aromatic nitrogens is 1. The van der Waals surface area contributed by atoms with Gasteiger partial charge in [0.05, 0.1) is 16.6 Å². The van der Waals surface area contributed by atoms with Gasteiger partial charge in [-0.3, -0.25) is 4.79 Å². The van der Waals surface area contributed by atoms with Crippen LogP contribution in [0.5, 0.6) is 0 Å². The first-order valence-electron chi connectivity index (χ1n) is 11.1. The van der Waals surface area contributed by atoms with Gasteiger partial charge in [-0.05, 0) is 56.1 Å². The molecule has 0 aliphatic heterocycles. The molecule has 172 valence electrons. The summed E-state index contributed by atoms with van der Waals surface area (Å²) in [4.78, 5) is 20.0. The van der Waals surface area contributed by atoms with Crippen LogP contribution >= 0.6 is 23.7 Å². The quantitative estimate of drug-likeness (QED) is 0.266. The van der Waals surface area contributed by atoms with Crippen molar-refractivity contribution in [2.24, 2.45) is 0 Å². The first-order chi connectivity index (χ1) is 15.6. The number of hydrogen-bond donors (Lipinski definition) is 2. The Kier molecular flexibility index (Phi) is 8.61. The number of aryl methyl sites for hydroxylation is 2. The molecule has 0 aliphatic rings. The van der Waals surface area contributed by atoms with Crippen molar-refractivity contribution in [2.45, 2.75) is 39.7 Å². The predicted octanol–water partition coefficient (Wildman–Crippen LogP) is 7.07. The van der Waals surface area contributed by atoms with Crippen molar-refractivity contribution in [3.63, 3.8) is 0 Å². The Labute approximate surface area is 205 Å². The second-order valence-electron chi connectivity index (χ2n) is 8.07. The van der Waals surface area contributed by atoms with Crippen molar-refractivity contribution in [3.05, 3.63) is 94.0 Å². The molecule has 2 heterocycles. The third-order valence-electron chi connectivity index (χ3n) is 5.56. The normalized spacial score (nSPS) is 11.7. The number of thiophene rings is 1. The number of fused-ring (bicyclic) bond motifs is 1. The molecular formula is C27H30ClN3OS. The monoisotopic (exact) mass is 479 g/mol. The SMILES string of the molecule is CCCCNC(c1ccccc1)c1sc2nc(C)cc(C)c2c1NC(=O)c1ccccc1.Cl. The number of pyridine rings is 1. The van der Waals surface area contributed by atoms with Crippen LogP contribution in [-0.4, -0.2) is 17.4 Å². The van der Waals surface area contributed by atoms with Crippen LogP contribution in [0.2, 0.25) is 0 Å². The summed E-state index contributed by atoms with van der Waals surface area (Å²) in [6.07, 6.45) is 2.22. The summed E-state index contributed by atoms with van der Waals surface area (Å²) in [6, 6.07) is 21.9. The molecule has 1 amide bonds. The highest BCUT2D eigenvalue weighted by molar-refractivity contribution is 7.19. The molecule has 2 aromatic heterocycles. The summed E-state index contributed by atoms with van der Waals surface area (Å²) >= 11 is 1.66. The number of nitrogens with one attached hydrogen (secondary N) is 2. The molecule has 0 bridgehead atoms. The van der Waals surface area contributed by atoms with Crippen LogP contribution in [0.1, 0.15) is 57.9 Å². The number of carbonyl (C=O) groups excluding carboxylic acids is 1. The second kappa shape index (κ2) is 11.4. The topological polar surface area (TPSA) is 54.0 Å². The van der Waals surface area contributed by atoms with E-state index >= 15 is 0 Å². The molecule has 33 heavy (non-hydrogen) atoms. The summed E-state index contributed by atoms with van der Waals surface area (Å²) in [7, 11) is 0. The molecule has 1 atom stereocenters. The van der Waals surface area contributed by atoms with E-state index in [0.29, 0.717) is 5.56 Å². The number of halogens is 1. The van der Waals surface area contributed by atoms with Crippen molar-refractivity contribution >= 4 is 45.6 Å². The zero-order chi connectivity index (χ0) is 22.5. The Morgan fingerprint density at radius 3 is 2.36 bits per heavy atom. The minimum absolute atomic E-state index is 0. The summed E-state index contributed by atoms with van der Waals surface area (Å²) in [6.45, 7) is 7.21. The van der Waals surface area contributed by atoms with Gasteiger partial charge in [0.15, 0.2) is 0 Å². The number of hydrogen-bond acceptors (Lipinski definition) is 4. The Balaban J connectivity index is 0.00000306. The van der Waals surface area contributed by atoms with Crippen LogP contribution < -0.4 is 10.6 Å². The van der Waals surface area contributed by atoms with E-state index in [1.807, 2.05) is 43.3 Å². The third-order valence-corrected chi connectivity index (χ3v) is 6.71. The van der Waals surface area contributed by atoms with Gasteiger partial charge in [0.2, 0.25) is 0 Å². The lowest BCUT2D eigenvalue weighted by Gasteiger charge is -2.20. The van der Waals surface area contributed by atoms with E-state index in [1.54, 1.807) is 11.3 Å². The van der Waals surface area contributed by atoms with Crippen molar-refractivity contribution in [1.29, 1.82) is 0 Å². The smallest absolute Gasteiger partial charge is 0.255 e. The maximum atomic E-state index is 13.2.